The first-order chi connectivity index (χ1) is 6.22. The molecule has 0 aliphatic carbocycles. The number of hydrogen-bond donors (Lipinski definition) is 0. The van der Waals surface area contributed by atoms with Crippen molar-refractivity contribution in [2.75, 3.05) is 5.75 Å². The summed E-state index contributed by atoms with van der Waals surface area (Å²) in [6.45, 7) is 0. The number of halogens is 2. The second-order valence-electron chi connectivity index (χ2n) is 2.37. The lowest BCUT2D eigenvalue weighted by molar-refractivity contribution is 1.24. The molecular weight excluding hydrogens is 225 g/mol. The Kier molecular flexibility index (Phi) is 4.44. The molecule has 0 N–H and O–H groups in total. The standard InChI is InChI=1S/C9H7Cl2NS/c10-7-2-1-3-9(4-7)13-6-8(11)5-12/h1-4,8H,6H2. The fourth-order valence-electron chi connectivity index (χ4n) is 0.763. The normalized spacial score (nSPS) is 12.1. The van der Waals surface area contributed by atoms with Crippen LogP contribution in [-0.2, 0) is 0 Å². The van der Waals surface area contributed by atoms with Crippen molar-refractivity contribution in [1.82, 2.24) is 0 Å². The maximum Gasteiger partial charge on any atom is 0.129 e. The summed E-state index contributed by atoms with van der Waals surface area (Å²) in [5.41, 5.74) is 0. The molecule has 0 bridgehead atoms. The summed E-state index contributed by atoms with van der Waals surface area (Å²) < 4.78 is 0. The number of nitriles is 1. The minimum atomic E-state index is -0.441. The van der Waals surface area contributed by atoms with Gasteiger partial charge >= 0.3 is 0 Å². The molecule has 13 heavy (non-hydrogen) atoms. The highest BCUT2D eigenvalue weighted by molar-refractivity contribution is 7.99. The van der Waals surface area contributed by atoms with Crippen LogP contribution in [0.4, 0.5) is 0 Å². The van der Waals surface area contributed by atoms with E-state index in [1.54, 1.807) is 0 Å². The molecule has 0 saturated heterocycles. The average molecular weight is 232 g/mol. The van der Waals surface area contributed by atoms with Gasteiger partial charge in [0, 0.05) is 15.7 Å². The maximum atomic E-state index is 8.45. The Hall–Kier alpha value is -0.360. The van der Waals surface area contributed by atoms with Gasteiger partial charge in [0.25, 0.3) is 0 Å². The zero-order chi connectivity index (χ0) is 9.68. The molecule has 0 heterocycles. The number of nitrogens with zero attached hydrogens (tertiary/aromatic N) is 1. The molecule has 0 aliphatic rings. The van der Waals surface area contributed by atoms with Crippen molar-refractivity contribution in [2.24, 2.45) is 0 Å². The lowest BCUT2D eigenvalue weighted by atomic mass is 10.4. The highest BCUT2D eigenvalue weighted by Gasteiger charge is 2.02. The van der Waals surface area contributed by atoms with E-state index in [4.69, 9.17) is 28.5 Å². The summed E-state index contributed by atoms with van der Waals surface area (Å²) in [5.74, 6) is 0.582. The molecule has 1 atom stereocenters. The molecule has 1 rings (SSSR count). The maximum absolute atomic E-state index is 8.45. The van der Waals surface area contributed by atoms with Crippen LogP contribution in [0.25, 0.3) is 0 Å². The Bertz CT molecular complexity index is 322. The second kappa shape index (κ2) is 5.39. The monoisotopic (exact) mass is 231 g/mol. The Balaban J connectivity index is 2.51. The average Bonchev–Trinajstić information content (AvgIpc) is 2.14. The van der Waals surface area contributed by atoms with Crippen molar-refractivity contribution < 1.29 is 0 Å². The summed E-state index contributed by atoms with van der Waals surface area (Å²) in [6, 6.07) is 9.45. The van der Waals surface area contributed by atoms with E-state index in [-0.39, 0.29) is 0 Å². The van der Waals surface area contributed by atoms with E-state index in [0.29, 0.717) is 10.8 Å². The molecule has 0 aliphatic heterocycles. The van der Waals surface area contributed by atoms with Crippen LogP contribution in [0.5, 0.6) is 0 Å². The fraction of sp³-hybridized carbons (Fsp3) is 0.222. The quantitative estimate of drug-likeness (QED) is 0.587. The van der Waals surface area contributed by atoms with Gasteiger partial charge in [-0.3, -0.25) is 0 Å². The number of rotatable bonds is 3. The van der Waals surface area contributed by atoms with Gasteiger partial charge in [-0.2, -0.15) is 5.26 Å². The van der Waals surface area contributed by atoms with Crippen LogP contribution >= 0.6 is 35.0 Å². The van der Waals surface area contributed by atoms with Gasteiger partial charge in [0.1, 0.15) is 5.38 Å². The fourth-order valence-corrected chi connectivity index (χ4v) is 2.01. The zero-order valence-corrected chi connectivity index (χ0v) is 9.03. The molecule has 68 valence electrons. The third-order valence-electron chi connectivity index (χ3n) is 1.33. The van der Waals surface area contributed by atoms with Crippen LogP contribution in [0.2, 0.25) is 5.02 Å². The number of benzene rings is 1. The van der Waals surface area contributed by atoms with Crippen molar-refractivity contribution in [3.8, 4) is 6.07 Å². The topological polar surface area (TPSA) is 23.8 Å². The molecule has 1 aromatic rings. The van der Waals surface area contributed by atoms with Crippen molar-refractivity contribution in [1.29, 1.82) is 5.26 Å². The molecule has 0 spiro atoms. The van der Waals surface area contributed by atoms with Gasteiger partial charge in [-0.1, -0.05) is 17.7 Å². The van der Waals surface area contributed by atoms with Crippen LogP contribution in [-0.4, -0.2) is 11.1 Å². The summed E-state index contributed by atoms with van der Waals surface area (Å²) in [7, 11) is 0. The van der Waals surface area contributed by atoms with E-state index < -0.39 is 5.38 Å². The molecule has 0 aromatic heterocycles. The van der Waals surface area contributed by atoms with Gasteiger partial charge in [-0.25, -0.2) is 0 Å². The predicted molar refractivity (Wildman–Crippen MR) is 57.4 cm³/mol. The Morgan fingerprint density at radius 2 is 2.31 bits per heavy atom. The van der Waals surface area contributed by atoms with E-state index in [1.165, 1.54) is 11.8 Å². The highest BCUT2D eigenvalue weighted by atomic mass is 35.5. The minimum Gasteiger partial charge on any atom is -0.197 e. The van der Waals surface area contributed by atoms with Crippen molar-refractivity contribution in [3.63, 3.8) is 0 Å². The highest BCUT2D eigenvalue weighted by Crippen LogP contribution is 2.22. The van der Waals surface area contributed by atoms with E-state index >= 15 is 0 Å². The molecule has 1 unspecified atom stereocenters. The number of thioether (sulfide) groups is 1. The van der Waals surface area contributed by atoms with Crippen LogP contribution in [0.15, 0.2) is 29.2 Å². The Morgan fingerprint density at radius 3 is 2.92 bits per heavy atom. The minimum absolute atomic E-state index is 0.441. The lowest BCUT2D eigenvalue weighted by Gasteiger charge is -2.01. The third-order valence-corrected chi connectivity index (χ3v) is 3.09. The molecule has 0 radical (unpaired) electrons. The summed E-state index contributed by atoms with van der Waals surface area (Å²) in [4.78, 5) is 1.04. The smallest absolute Gasteiger partial charge is 0.129 e. The van der Waals surface area contributed by atoms with Crippen molar-refractivity contribution in [2.45, 2.75) is 10.3 Å². The molecule has 0 fully saturated rings. The van der Waals surface area contributed by atoms with E-state index in [9.17, 15) is 0 Å². The second-order valence-corrected chi connectivity index (χ2v) is 4.42. The van der Waals surface area contributed by atoms with Crippen molar-refractivity contribution >= 4 is 35.0 Å². The first-order valence-electron chi connectivity index (χ1n) is 3.64. The first-order valence-corrected chi connectivity index (χ1v) is 5.44. The molecule has 4 heteroatoms. The van der Waals surface area contributed by atoms with Gasteiger partial charge in [0.2, 0.25) is 0 Å². The van der Waals surface area contributed by atoms with Crippen LogP contribution in [0.1, 0.15) is 0 Å². The first kappa shape index (κ1) is 10.7. The molecule has 0 amide bonds. The van der Waals surface area contributed by atoms with Gasteiger partial charge in [0.15, 0.2) is 0 Å². The third kappa shape index (κ3) is 3.91. The Labute approximate surface area is 91.6 Å². The number of alkyl halides is 1. The molecule has 0 saturated carbocycles. The van der Waals surface area contributed by atoms with Crippen LogP contribution in [0, 0.1) is 11.3 Å². The van der Waals surface area contributed by atoms with Crippen LogP contribution in [0.3, 0.4) is 0 Å². The van der Waals surface area contributed by atoms with E-state index in [0.717, 1.165) is 4.90 Å². The molecular formula is C9H7Cl2NS. The van der Waals surface area contributed by atoms with E-state index in [2.05, 4.69) is 0 Å². The largest absolute Gasteiger partial charge is 0.197 e. The van der Waals surface area contributed by atoms with Crippen LogP contribution < -0.4 is 0 Å². The van der Waals surface area contributed by atoms with E-state index in [1.807, 2.05) is 30.3 Å². The predicted octanol–water partition coefficient (Wildman–Crippen LogP) is 3.56. The molecule has 1 aromatic carbocycles. The lowest BCUT2D eigenvalue weighted by Crippen LogP contribution is -1.96. The van der Waals surface area contributed by atoms with Gasteiger partial charge in [-0.15, -0.1) is 23.4 Å². The van der Waals surface area contributed by atoms with Gasteiger partial charge in [0.05, 0.1) is 6.07 Å². The zero-order valence-electron chi connectivity index (χ0n) is 6.71. The number of hydrogen-bond acceptors (Lipinski definition) is 2. The van der Waals surface area contributed by atoms with Gasteiger partial charge < -0.3 is 0 Å². The van der Waals surface area contributed by atoms with Crippen molar-refractivity contribution in [3.05, 3.63) is 29.3 Å². The summed E-state index contributed by atoms with van der Waals surface area (Å²) in [5, 5.41) is 8.71. The summed E-state index contributed by atoms with van der Waals surface area (Å²) in [6.07, 6.45) is 0. The Morgan fingerprint density at radius 1 is 1.54 bits per heavy atom. The molecule has 1 nitrogen and oxygen atoms in total. The SMILES string of the molecule is N#CC(Cl)CSc1cccc(Cl)c1. The van der Waals surface area contributed by atoms with Gasteiger partial charge in [-0.05, 0) is 18.2 Å². The summed E-state index contributed by atoms with van der Waals surface area (Å²) >= 11 is 13.0.